The van der Waals surface area contributed by atoms with Crippen molar-refractivity contribution in [1.82, 2.24) is 4.90 Å². The average molecular weight is 495 g/mol. The molecule has 1 heterocycles. The van der Waals surface area contributed by atoms with Gasteiger partial charge in [0.25, 0.3) is 15.9 Å². The molecular formula is C19H15BrN2O5S2. The average Bonchev–Trinajstić information content (AvgIpc) is 2.93. The summed E-state index contributed by atoms with van der Waals surface area (Å²) < 4.78 is 29.9. The third-order valence-corrected chi connectivity index (χ3v) is 6.74. The number of amides is 1. The minimum absolute atomic E-state index is 0.00610. The fraction of sp³-hybridized carbons (Fsp3) is 0.0526. The number of hydrogen-bond donors (Lipinski definition) is 2. The van der Waals surface area contributed by atoms with Gasteiger partial charge in [-0.05, 0) is 54.2 Å². The maximum absolute atomic E-state index is 12.7. The van der Waals surface area contributed by atoms with E-state index in [0.717, 1.165) is 22.3 Å². The number of carbonyl (C=O) groups is 1. The van der Waals surface area contributed by atoms with Gasteiger partial charge in [-0.2, -0.15) is 8.42 Å². The van der Waals surface area contributed by atoms with Gasteiger partial charge in [0.1, 0.15) is 11.5 Å². The molecule has 0 atom stereocenters. The quantitative estimate of drug-likeness (QED) is 0.484. The van der Waals surface area contributed by atoms with Gasteiger partial charge in [0, 0.05) is 22.6 Å². The van der Waals surface area contributed by atoms with Crippen LogP contribution in [0.1, 0.15) is 5.56 Å². The van der Waals surface area contributed by atoms with Crippen LogP contribution in [0.15, 0.2) is 73.8 Å². The molecule has 0 aliphatic carbocycles. The first-order valence-electron chi connectivity index (χ1n) is 8.16. The summed E-state index contributed by atoms with van der Waals surface area (Å²) in [4.78, 5) is 14.1. The van der Waals surface area contributed by atoms with Crippen molar-refractivity contribution < 1.29 is 23.4 Å². The number of hydrogen-bond acceptors (Lipinski definition) is 6. The van der Waals surface area contributed by atoms with Crippen molar-refractivity contribution in [2.24, 2.45) is 4.40 Å². The second-order valence-corrected chi connectivity index (χ2v) is 9.39. The molecule has 7 nitrogen and oxygen atoms in total. The van der Waals surface area contributed by atoms with Crippen molar-refractivity contribution in [3.05, 3.63) is 70.1 Å². The first-order chi connectivity index (χ1) is 13.7. The molecule has 1 amide bonds. The monoisotopic (exact) mass is 494 g/mol. The van der Waals surface area contributed by atoms with Gasteiger partial charge in [0.2, 0.25) is 0 Å². The van der Waals surface area contributed by atoms with Crippen LogP contribution in [0.2, 0.25) is 0 Å². The predicted molar refractivity (Wildman–Crippen MR) is 116 cm³/mol. The van der Waals surface area contributed by atoms with Crippen LogP contribution in [0.3, 0.4) is 0 Å². The van der Waals surface area contributed by atoms with E-state index in [0.29, 0.717) is 5.56 Å². The third-order valence-electron chi connectivity index (χ3n) is 3.81. The molecule has 150 valence electrons. The number of thioether (sulfide) groups is 1. The van der Waals surface area contributed by atoms with Crippen molar-refractivity contribution >= 4 is 54.9 Å². The summed E-state index contributed by atoms with van der Waals surface area (Å²) in [5.41, 5.74) is 0.300. The Morgan fingerprint density at radius 2 is 1.86 bits per heavy atom. The van der Waals surface area contributed by atoms with Crippen LogP contribution >= 0.6 is 27.7 Å². The maximum atomic E-state index is 12.7. The molecule has 10 heteroatoms. The summed E-state index contributed by atoms with van der Waals surface area (Å²) in [6, 6.07) is 9.94. The number of halogens is 1. The molecule has 2 aromatic carbocycles. The van der Waals surface area contributed by atoms with Crippen LogP contribution in [-0.4, -0.2) is 41.2 Å². The Morgan fingerprint density at radius 3 is 2.48 bits per heavy atom. The van der Waals surface area contributed by atoms with Crippen LogP contribution < -0.4 is 0 Å². The van der Waals surface area contributed by atoms with Crippen LogP contribution in [-0.2, 0) is 14.8 Å². The minimum Gasteiger partial charge on any atom is -0.508 e. The standard InChI is InChI=1S/C19H15BrN2O5S2/c1-2-9-22-18(25)17(10-12-3-6-14(23)11-16(12)24)28-19(22)21-29(26,27)15-7-4-13(20)5-8-15/h2-8,10-11,23-24H,1,9H2/b17-10-,21-19?. The van der Waals surface area contributed by atoms with E-state index < -0.39 is 15.9 Å². The van der Waals surface area contributed by atoms with Gasteiger partial charge in [0.05, 0.1) is 9.80 Å². The predicted octanol–water partition coefficient (Wildman–Crippen LogP) is 3.71. The van der Waals surface area contributed by atoms with E-state index in [1.54, 1.807) is 12.1 Å². The number of rotatable bonds is 5. The molecular weight excluding hydrogens is 480 g/mol. The van der Waals surface area contributed by atoms with Crippen molar-refractivity contribution in [3.63, 3.8) is 0 Å². The summed E-state index contributed by atoms with van der Waals surface area (Å²) >= 11 is 4.12. The fourth-order valence-electron chi connectivity index (χ4n) is 2.42. The molecule has 2 N–H and O–H groups in total. The number of sulfonamides is 1. The summed E-state index contributed by atoms with van der Waals surface area (Å²) in [7, 11) is -4.04. The summed E-state index contributed by atoms with van der Waals surface area (Å²) in [5, 5.41) is 19.3. The van der Waals surface area contributed by atoms with Crippen LogP contribution in [0.5, 0.6) is 11.5 Å². The lowest BCUT2D eigenvalue weighted by Crippen LogP contribution is -2.29. The van der Waals surface area contributed by atoms with Gasteiger partial charge >= 0.3 is 0 Å². The van der Waals surface area contributed by atoms with E-state index in [4.69, 9.17) is 0 Å². The fourth-order valence-corrected chi connectivity index (χ4v) is 4.87. The number of nitrogens with zero attached hydrogens (tertiary/aromatic N) is 2. The molecule has 0 aromatic heterocycles. The van der Waals surface area contributed by atoms with Crippen molar-refractivity contribution in [3.8, 4) is 11.5 Å². The highest BCUT2D eigenvalue weighted by atomic mass is 79.9. The highest BCUT2D eigenvalue weighted by Gasteiger charge is 2.34. The van der Waals surface area contributed by atoms with Crippen LogP contribution in [0.4, 0.5) is 0 Å². The minimum atomic E-state index is -4.04. The SMILES string of the molecule is C=CCN1C(=O)/C(=C/c2ccc(O)cc2O)SC1=NS(=O)(=O)c1ccc(Br)cc1. The zero-order valence-electron chi connectivity index (χ0n) is 14.8. The lowest BCUT2D eigenvalue weighted by molar-refractivity contribution is -0.121. The normalized spacial score (nSPS) is 17.3. The van der Waals surface area contributed by atoms with Gasteiger partial charge in [-0.25, -0.2) is 0 Å². The molecule has 1 aliphatic rings. The Bertz CT molecular complexity index is 1140. The largest absolute Gasteiger partial charge is 0.508 e. The Morgan fingerprint density at radius 1 is 1.17 bits per heavy atom. The molecule has 0 radical (unpaired) electrons. The van der Waals surface area contributed by atoms with Gasteiger partial charge in [0.15, 0.2) is 5.17 Å². The Balaban J connectivity index is 2.01. The van der Waals surface area contributed by atoms with Crippen molar-refractivity contribution in [2.75, 3.05) is 6.54 Å². The van der Waals surface area contributed by atoms with Crippen LogP contribution in [0, 0.1) is 0 Å². The molecule has 0 bridgehead atoms. The van der Waals surface area contributed by atoms with E-state index in [9.17, 15) is 23.4 Å². The number of aromatic hydroxyl groups is 2. The molecule has 2 aromatic rings. The van der Waals surface area contributed by atoms with E-state index in [2.05, 4.69) is 26.9 Å². The van der Waals surface area contributed by atoms with Crippen molar-refractivity contribution in [1.29, 1.82) is 0 Å². The summed E-state index contributed by atoms with van der Waals surface area (Å²) in [6.45, 7) is 3.66. The van der Waals surface area contributed by atoms with E-state index in [1.165, 1.54) is 41.3 Å². The first kappa shape index (κ1) is 21.2. The Labute approximate surface area is 180 Å². The highest BCUT2D eigenvalue weighted by molar-refractivity contribution is 9.10. The topological polar surface area (TPSA) is 107 Å². The van der Waals surface area contributed by atoms with Crippen molar-refractivity contribution in [2.45, 2.75) is 4.90 Å². The second kappa shape index (κ2) is 8.44. The summed E-state index contributed by atoms with van der Waals surface area (Å²) in [5.74, 6) is -0.799. The van der Waals surface area contributed by atoms with E-state index in [-0.39, 0.29) is 33.0 Å². The number of phenolic OH excluding ortho intramolecular Hbond substituents is 2. The van der Waals surface area contributed by atoms with Gasteiger partial charge in [-0.1, -0.05) is 22.0 Å². The molecule has 29 heavy (non-hydrogen) atoms. The molecule has 0 spiro atoms. The van der Waals surface area contributed by atoms with Gasteiger partial charge in [-0.3, -0.25) is 9.69 Å². The number of amidine groups is 1. The molecule has 0 saturated carbocycles. The maximum Gasteiger partial charge on any atom is 0.284 e. The molecule has 1 aliphatic heterocycles. The number of benzene rings is 2. The lowest BCUT2D eigenvalue weighted by atomic mass is 10.1. The molecule has 1 saturated heterocycles. The second-order valence-electron chi connectivity index (χ2n) is 5.86. The Hall–Kier alpha value is -2.56. The number of carbonyl (C=O) groups excluding carboxylic acids is 1. The molecule has 1 fully saturated rings. The number of phenols is 2. The lowest BCUT2D eigenvalue weighted by Gasteiger charge is -2.12. The summed E-state index contributed by atoms with van der Waals surface area (Å²) in [6.07, 6.45) is 2.87. The zero-order chi connectivity index (χ0) is 21.2. The van der Waals surface area contributed by atoms with Gasteiger partial charge < -0.3 is 10.2 Å². The molecule has 3 rings (SSSR count). The first-order valence-corrected chi connectivity index (χ1v) is 11.2. The third kappa shape index (κ3) is 4.72. The Kier molecular flexibility index (Phi) is 6.15. The van der Waals surface area contributed by atoms with E-state index >= 15 is 0 Å². The zero-order valence-corrected chi connectivity index (χ0v) is 18.0. The smallest absolute Gasteiger partial charge is 0.284 e. The highest BCUT2D eigenvalue weighted by Crippen LogP contribution is 2.35. The van der Waals surface area contributed by atoms with Gasteiger partial charge in [-0.15, -0.1) is 11.0 Å². The van der Waals surface area contributed by atoms with Crippen LogP contribution in [0.25, 0.3) is 6.08 Å². The molecule has 0 unspecified atom stereocenters. The van der Waals surface area contributed by atoms with E-state index in [1.807, 2.05) is 0 Å².